The van der Waals surface area contributed by atoms with Crippen molar-refractivity contribution in [2.45, 2.75) is 32.9 Å². The molecular weight excluding hydrogens is 445 g/mol. The van der Waals surface area contributed by atoms with Crippen LogP contribution in [0.25, 0.3) is 11.3 Å². The van der Waals surface area contributed by atoms with E-state index in [9.17, 15) is 18.0 Å². The predicted octanol–water partition coefficient (Wildman–Crippen LogP) is 6.65. The molecule has 0 spiro atoms. The molecule has 3 aromatic rings. The molecule has 0 aliphatic rings. The maximum atomic E-state index is 13.5. The van der Waals surface area contributed by atoms with Gasteiger partial charge in [-0.15, -0.1) is 0 Å². The van der Waals surface area contributed by atoms with E-state index in [0.717, 1.165) is 11.1 Å². The summed E-state index contributed by atoms with van der Waals surface area (Å²) in [7, 11) is 0. The van der Waals surface area contributed by atoms with Crippen molar-refractivity contribution in [2.75, 3.05) is 13.2 Å². The Morgan fingerprint density at radius 3 is 2.41 bits per heavy atom. The lowest BCUT2D eigenvalue weighted by molar-refractivity contribution is -0.153. The van der Waals surface area contributed by atoms with Gasteiger partial charge in [-0.2, -0.15) is 13.2 Å². The fourth-order valence-electron chi connectivity index (χ4n) is 3.26. The molecule has 4 nitrogen and oxygen atoms in total. The fourth-order valence-corrected chi connectivity index (χ4v) is 3.38. The third-order valence-corrected chi connectivity index (χ3v) is 5.02. The molecule has 3 rings (SSSR count). The Bertz CT molecular complexity index is 1070. The Morgan fingerprint density at radius 2 is 1.78 bits per heavy atom. The number of alkyl halides is 3. The maximum absolute atomic E-state index is 13.5. The molecule has 2 aromatic carbocycles. The lowest BCUT2D eigenvalue weighted by Gasteiger charge is -2.11. The van der Waals surface area contributed by atoms with Crippen LogP contribution in [0, 0.1) is 6.92 Å². The molecule has 0 aliphatic heterocycles. The first-order valence-corrected chi connectivity index (χ1v) is 10.4. The van der Waals surface area contributed by atoms with E-state index in [-0.39, 0.29) is 31.0 Å². The number of halogens is 4. The van der Waals surface area contributed by atoms with Crippen LogP contribution in [0.1, 0.15) is 29.4 Å². The second-order valence-electron chi connectivity index (χ2n) is 7.16. The summed E-state index contributed by atoms with van der Waals surface area (Å²) in [5.41, 5.74) is 2.22. The molecule has 0 aliphatic carbocycles. The number of hydrogen-bond donors (Lipinski definition) is 0. The maximum Gasteiger partial charge on any atom is 0.449 e. The number of carbonyl (C=O) groups is 1. The minimum Gasteiger partial charge on any atom is -0.482 e. The minimum absolute atomic E-state index is 0.0859. The number of benzene rings is 2. The number of hydrogen-bond acceptors (Lipinski definition) is 4. The van der Waals surface area contributed by atoms with E-state index in [4.69, 9.17) is 25.5 Å². The lowest BCUT2D eigenvalue weighted by Crippen LogP contribution is -2.15. The number of esters is 1. The van der Waals surface area contributed by atoms with Gasteiger partial charge in [0.25, 0.3) is 0 Å². The second kappa shape index (κ2) is 10.1. The highest BCUT2D eigenvalue weighted by Crippen LogP contribution is 2.38. The highest BCUT2D eigenvalue weighted by atomic mass is 35.5. The first-order valence-electron chi connectivity index (χ1n) is 10.0. The van der Waals surface area contributed by atoms with Crippen LogP contribution in [0.2, 0.25) is 5.02 Å². The Labute approximate surface area is 188 Å². The van der Waals surface area contributed by atoms with Crippen LogP contribution in [0.5, 0.6) is 5.75 Å². The molecule has 1 heterocycles. The van der Waals surface area contributed by atoms with E-state index >= 15 is 0 Å². The summed E-state index contributed by atoms with van der Waals surface area (Å²) in [4.78, 5) is 11.4. The molecule has 0 saturated heterocycles. The van der Waals surface area contributed by atoms with Crippen LogP contribution in [-0.2, 0) is 28.5 Å². The quantitative estimate of drug-likeness (QED) is 0.348. The average molecular weight is 467 g/mol. The van der Waals surface area contributed by atoms with Crippen LogP contribution in [0.3, 0.4) is 0 Å². The van der Waals surface area contributed by atoms with Crippen molar-refractivity contribution in [3.63, 3.8) is 0 Å². The number of aryl methyl sites for hydroxylation is 3. The number of carbonyl (C=O) groups excluding carboxylic acids is 1. The standard InChI is InChI=1S/C24H22ClF3O4/c1-3-30-22(29)14-31-20-11-5-16(12-15(20)2)4-6-18-13-21(32-23(18)24(26,27)28)17-7-9-19(25)10-8-17/h5,7-13H,3-4,6,14H2,1-2H3. The topological polar surface area (TPSA) is 48.7 Å². The molecule has 32 heavy (non-hydrogen) atoms. The van der Waals surface area contributed by atoms with Crippen molar-refractivity contribution < 1.29 is 31.9 Å². The predicted molar refractivity (Wildman–Crippen MR) is 115 cm³/mol. The van der Waals surface area contributed by atoms with E-state index in [0.29, 0.717) is 22.8 Å². The summed E-state index contributed by atoms with van der Waals surface area (Å²) in [5.74, 6) is -0.797. The zero-order valence-corrected chi connectivity index (χ0v) is 18.3. The molecule has 170 valence electrons. The monoisotopic (exact) mass is 466 g/mol. The van der Waals surface area contributed by atoms with Gasteiger partial charge in [-0.3, -0.25) is 0 Å². The van der Waals surface area contributed by atoms with Gasteiger partial charge in [0.15, 0.2) is 6.61 Å². The van der Waals surface area contributed by atoms with Gasteiger partial charge < -0.3 is 13.9 Å². The van der Waals surface area contributed by atoms with Crippen molar-refractivity contribution in [1.29, 1.82) is 0 Å². The largest absolute Gasteiger partial charge is 0.482 e. The molecule has 0 N–H and O–H groups in total. The Hall–Kier alpha value is -2.93. The Morgan fingerprint density at radius 1 is 1.06 bits per heavy atom. The molecule has 0 unspecified atom stereocenters. The number of ether oxygens (including phenoxy) is 2. The van der Waals surface area contributed by atoms with Gasteiger partial charge in [-0.1, -0.05) is 23.7 Å². The van der Waals surface area contributed by atoms with E-state index in [1.54, 1.807) is 43.3 Å². The van der Waals surface area contributed by atoms with Crippen LogP contribution >= 0.6 is 11.6 Å². The molecule has 8 heteroatoms. The summed E-state index contributed by atoms with van der Waals surface area (Å²) in [6, 6.07) is 13.1. The van der Waals surface area contributed by atoms with Crippen LogP contribution in [0.15, 0.2) is 52.9 Å². The molecule has 0 atom stereocenters. The van der Waals surface area contributed by atoms with Crippen LogP contribution < -0.4 is 4.74 Å². The Balaban J connectivity index is 1.74. The third kappa shape index (κ3) is 6.07. The van der Waals surface area contributed by atoms with Crippen LogP contribution in [0.4, 0.5) is 13.2 Å². The molecule has 0 radical (unpaired) electrons. The molecule has 0 bridgehead atoms. The Kier molecular flexibility index (Phi) is 7.51. The molecule has 0 amide bonds. The zero-order chi connectivity index (χ0) is 23.3. The van der Waals surface area contributed by atoms with Gasteiger partial charge in [0, 0.05) is 16.1 Å². The average Bonchev–Trinajstić information content (AvgIpc) is 3.17. The first-order chi connectivity index (χ1) is 15.2. The summed E-state index contributed by atoms with van der Waals surface area (Å²) in [6.07, 6.45) is -4.07. The molecule has 0 fully saturated rings. The van der Waals surface area contributed by atoms with E-state index in [1.165, 1.54) is 6.07 Å². The highest BCUT2D eigenvalue weighted by molar-refractivity contribution is 6.30. The molecule has 1 aromatic heterocycles. The van der Waals surface area contributed by atoms with Crippen LogP contribution in [-0.4, -0.2) is 19.2 Å². The van der Waals surface area contributed by atoms with Gasteiger partial charge in [0.1, 0.15) is 11.5 Å². The smallest absolute Gasteiger partial charge is 0.449 e. The summed E-state index contributed by atoms with van der Waals surface area (Å²) >= 11 is 5.86. The van der Waals surface area contributed by atoms with Gasteiger partial charge in [-0.05, 0) is 74.2 Å². The fraction of sp³-hybridized carbons (Fsp3) is 0.292. The van der Waals surface area contributed by atoms with Crippen molar-refractivity contribution in [1.82, 2.24) is 0 Å². The van der Waals surface area contributed by atoms with Gasteiger partial charge in [0.2, 0.25) is 5.76 Å². The van der Waals surface area contributed by atoms with Crippen molar-refractivity contribution in [3.8, 4) is 17.1 Å². The summed E-state index contributed by atoms with van der Waals surface area (Å²) in [6.45, 7) is 3.58. The SMILES string of the molecule is CCOC(=O)COc1ccc(CCc2cc(-c3ccc(Cl)cc3)oc2C(F)(F)F)cc1C. The van der Waals surface area contributed by atoms with E-state index in [2.05, 4.69) is 0 Å². The lowest BCUT2D eigenvalue weighted by atomic mass is 10.0. The van der Waals surface area contributed by atoms with E-state index in [1.807, 2.05) is 13.0 Å². The van der Waals surface area contributed by atoms with Crippen molar-refractivity contribution >= 4 is 17.6 Å². The normalized spacial score (nSPS) is 11.4. The van der Waals surface area contributed by atoms with Gasteiger partial charge in [-0.25, -0.2) is 4.79 Å². The van der Waals surface area contributed by atoms with Crippen molar-refractivity contribution in [2.24, 2.45) is 0 Å². The van der Waals surface area contributed by atoms with E-state index < -0.39 is 17.9 Å². The van der Waals surface area contributed by atoms with Gasteiger partial charge >= 0.3 is 12.1 Å². The highest BCUT2D eigenvalue weighted by Gasteiger charge is 2.38. The zero-order valence-electron chi connectivity index (χ0n) is 17.6. The van der Waals surface area contributed by atoms with Crippen molar-refractivity contribution in [3.05, 3.63) is 76.0 Å². The first kappa shape index (κ1) is 23.7. The second-order valence-corrected chi connectivity index (χ2v) is 7.60. The number of rotatable bonds is 8. The minimum atomic E-state index is -4.60. The molecular formula is C24H22ClF3O4. The third-order valence-electron chi connectivity index (χ3n) is 4.77. The van der Waals surface area contributed by atoms with Gasteiger partial charge in [0.05, 0.1) is 6.61 Å². The number of furan rings is 1. The summed E-state index contributed by atoms with van der Waals surface area (Å²) < 4.78 is 56.0. The molecule has 0 saturated carbocycles. The summed E-state index contributed by atoms with van der Waals surface area (Å²) in [5, 5.41) is 0.488.